The van der Waals surface area contributed by atoms with Crippen LogP contribution >= 0.6 is 10.7 Å². The third-order valence-electron chi connectivity index (χ3n) is 1.05. The van der Waals surface area contributed by atoms with Crippen LogP contribution in [0, 0.1) is 0 Å². The first-order valence-electron chi connectivity index (χ1n) is 2.85. The van der Waals surface area contributed by atoms with Crippen LogP contribution in [-0.2, 0) is 9.05 Å². The van der Waals surface area contributed by atoms with E-state index < -0.39 is 9.05 Å². The standard InChI is InChI=1S/C5H5ClN2O3S/c1-11-4-2-7-3-5(8-4)12(6,9)10/h2-3H,1H3. The van der Waals surface area contributed by atoms with E-state index in [9.17, 15) is 8.42 Å². The third-order valence-corrected chi connectivity index (χ3v) is 2.22. The lowest BCUT2D eigenvalue weighted by atomic mass is 10.7. The fourth-order valence-electron chi connectivity index (χ4n) is 0.547. The van der Waals surface area contributed by atoms with E-state index in [2.05, 4.69) is 14.7 Å². The van der Waals surface area contributed by atoms with Gasteiger partial charge < -0.3 is 4.74 Å². The average Bonchev–Trinajstić information content (AvgIpc) is 2.03. The van der Waals surface area contributed by atoms with E-state index in [1.165, 1.54) is 13.3 Å². The Hall–Kier alpha value is -0.880. The summed E-state index contributed by atoms with van der Waals surface area (Å²) in [6.45, 7) is 0. The van der Waals surface area contributed by atoms with E-state index in [1.54, 1.807) is 0 Å². The van der Waals surface area contributed by atoms with Gasteiger partial charge in [0.1, 0.15) is 0 Å². The molecule has 0 aliphatic rings. The summed E-state index contributed by atoms with van der Waals surface area (Å²) in [6.07, 6.45) is 2.33. The number of halogens is 1. The quantitative estimate of drug-likeness (QED) is 0.659. The summed E-state index contributed by atoms with van der Waals surface area (Å²) in [5, 5.41) is -0.316. The molecule has 0 atom stereocenters. The Morgan fingerprint density at radius 1 is 1.50 bits per heavy atom. The molecule has 0 aliphatic carbocycles. The molecule has 0 aliphatic heterocycles. The zero-order valence-corrected chi connectivity index (χ0v) is 7.63. The predicted octanol–water partition coefficient (Wildman–Crippen LogP) is 0.413. The molecule has 0 spiro atoms. The third kappa shape index (κ3) is 2.05. The molecule has 0 amide bonds. The van der Waals surface area contributed by atoms with Gasteiger partial charge in [-0.3, -0.25) is 4.98 Å². The van der Waals surface area contributed by atoms with Crippen LogP contribution in [0.25, 0.3) is 0 Å². The van der Waals surface area contributed by atoms with Crippen LogP contribution in [0.5, 0.6) is 5.88 Å². The molecule has 66 valence electrons. The zero-order chi connectivity index (χ0) is 9.19. The summed E-state index contributed by atoms with van der Waals surface area (Å²) in [6, 6.07) is 0. The van der Waals surface area contributed by atoms with Gasteiger partial charge in [0.25, 0.3) is 9.05 Å². The average molecular weight is 209 g/mol. The predicted molar refractivity (Wildman–Crippen MR) is 41.6 cm³/mol. The Labute approximate surface area is 73.8 Å². The highest BCUT2D eigenvalue weighted by Gasteiger charge is 2.12. The molecule has 0 radical (unpaired) electrons. The maximum Gasteiger partial charge on any atom is 0.280 e. The molecule has 0 fully saturated rings. The number of aromatic nitrogens is 2. The number of nitrogens with zero attached hydrogens (tertiary/aromatic N) is 2. The van der Waals surface area contributed by atoms with E-state index >= 15 is 0 Å². The minimum Gasteiger partial charge on any atom is -0.480 e. The lowest BCUT2D eigenvalue weighted by molar-refractivity contribution is 0.391. The molecule has 0 saturated heterocycles. The number of ether oxygens (including phenoxy) is 1. The number of hydrogen-bond acceptors (Lipinski definition) is 5. The molecule has 1 aromatic heterocycles. The van der Waals surface area contributed by atoms with Crippen LogP contribution in [-0.4, -0.2) is 25.5 Å². The van der Waals surface area contributed by atoms with Gasteiger partial charge in [-0.15, -0.1) is 0 Å². The van der Waals surface area contributed by atoms with Crippen LogP contribution in [0.1, 0.15) is 0 Å². The second-order valence-electron chi connectivity index (χ2n) is 1.84. The van der Waals surface area contributed by atoms with E-state index in [-0.39, 0.29) is 10.9 Å². The topological polar surface area (TPSA) is 69.2 Å². The molecule has 1 aromatic rings. The van der Waals surface area contributed by atoms with Crippen molar-refractivity contribution in [1.29, 1.82) is 0 Å². The Morgan fingerprint density at radius 2 is 2.17 bits per heavy atom. The first kappa shape index (κ1) is 9.21. The maximum atomic E-state index is 10.7. The van der Waals surface area contributed by atoms with Gasteiger partial charge in [-0.05, 0) is 0 Å². The molecule has 0 N–H and O–H groups in total. The van der Waals surface area contributed by atoms with Crippen molar-refractivity contribution < 1.29 is 13.2 Å². The smallest absolute Gasteiger partial charge is 0.280 e. The van der Waals surface area contributed by atoms with Gasteiger partial charge in [-0.2, -0.15) is 4.98 Å². The summed E-state index contributed by atoms with van der Waals surface area (Å²) in [7, 11) is 2.54. The van der Waals surface area contributed by atoms with Crippen molar-refractivity contribution >= 4 is 19.7 Å². The van der Waals surface area contributed by atoms with Crippen molar-refractivity contribution in [2.45, 2.75) is 5.03 Å². The van der Waals surface area contributed by atoms with Gasteiger partial charge in [0.2, 0.25) is 5.88 Å². The van der Waals surface area contributed by atoms with E-state index in [0.29, 0.717) is 0 Å². The van der Waals surface area contributed by atoms with Crippen molar-refractivity contribution in [3.63, 3.8) is 0 Å². The second kappa shape index (κ2) is 3.24. The van der Waals surface area contributed by atoms with Crippen LogP contribution in [0.3, 0.4) is 0 Å². The summed E-state index contributed by atoms with van der Waals surface area (Å²) >= 11 is 0. The van der Waals surface area contributed by atoms with Crippen LogP contribution < -0.4 is 4.74 Å². The highest BCUT2D eigenvalue weighted by Crippen LogP contribution is 2.13. The Bertz CT molecular complexity index is 378. The van der Waals surface area contributed by atoms with E-state index in [0.717, 1.165) is 6.20 Å². The van der Waals surface area contributed by atoms with Crippen molar-refractivity contribution in [3.05, 3.63) is 12.4 Å². The first-order chi connectivity index (χ1) is 5.54. The highest BCUT2D eigenvalue weighted by atomic mass is 35.7. The van der Waals surface area contributed by atoms with Crippen molar-refractivity contribution in [1.82, 2.24) is 9.97 Å². The fraction of sp³-hybridized carbons (Fsp3) is 0.200. The lowest BCUT2D eigenvalue weighted by Gasteiger charge is -1.97. The normalized spacial score (nSPS) is 11.2. The van der Waals surface area contributed by atoms with Crippen LogP contribution in [0.4, 0.5) is 0 Å². The molecule has 7 heteroatoms. The molecular formula is C5H5ClN2O3S. The van der Waals surface area contributed by atoms with Crippen LogP contribution in [0.2, 0.25) is 0 Å². The molecule has 0 saturated carbocycles. The van der Waals surface area contributed by atoms with Gasteiger partial charge >= 0.3 is 0 Å². The monoisotopic (exact) mass is 208 g/mol. The second-order valence-corrected chi connectivity index (χ2v) is 4.35. The van der Waals surface area contributed by atoms with Gasteiger partial charge in [-0.1, -0.05) is 0 Å². The molecule has 1 heterocycles. The van der Waals surface area contributed by atoms with Gasteiger partial charge in [0.05, 0.1) is 19.5 Å². The lowest BCUT2D eigenvalue weighted by Crippen LogP contribution is -1.98. The molecule has 0 bridgehead atoms. The van der Waals surface area contributed by atoms with Crippen molar-refractivity contribution in [2.75, 3.05) is 7.11 Å². The Kier molecular flexibility index (Phi) is 2.49. The maximum absolute atomic E-state index is 10.7. The first-order valence-corrected chi connectivity index (χ1v) is 5.15. The zero-order valence-electron chi connectivity index (χ0n) is 6.06. The molecular weight excluding hydrogens is 204 g/mol. The summed E-state index contributed by atoms with van der Waals surface area (Å²) in [4.78, 5) is 7.13. The van der Waals surface area contributed by atoms with Crippen molar-refractivity contribution in [2.24, 2.45) is 0 Å². The Balaban J connectivity index is 3.20. The molecule has 0 unspecified atom stereocenters. The SMILES string of the molecule is COc1cncc(S(=O)(=O)Cl)n1. The number of methoxy groups -OCH3 is 1. The minimum absolute atomic E-state index is 0.108. The molecule has 0 aromatic carbocycles. The number of rotatable bonds is 2. The highest BCUT2D eigenvalue weighted by molar-refractivity contribution is 8.13. The summed E-state index contributed by atoms with van der Waals surface area (Å²) in [5.41, 5.74) is 0. The molecule has 12 heavy (non-hydrogen) atoms. The van der Waals surface area contributed by atoms with E-state index in [4.69, 9.17) is 10.7 Å². The molecule has 5 nitrogen and oxygen atoms in total. The molecule has 1 rings (SSSR count). The summed E-state index contributed by atoms with van der Waals surface area (Å²) in [5.74, 6) is 0.108. The Morgan fingerprint density at radius 3 is 2.67 bits per heavy atom. The van der Waals surface area contributed by atoms with E-state index in [1.807, 2.05) is 0 Å². The van der Waals surface area contributed by atoms with Crippen molar-refractivity contribution in [3.8, 4) is 5.88 Å². The minimum atomic E-state index is -3.82. The summed E-state index contributed by atoms with van der Waals surface area (Å²) < 4.78 is 26.1. The van der Waals surface area contributed by atoms with Crippen LogP contribution in [0.15, 0.2) is 17.4 Å². The van der Waals surface area contributed by atoms with Gasteiger partial charge in [0, 0.05) is 10.7 Å². The largest absolute Gasteiger partial charge is 0.480 e. The fourth-order valence-corrected chi connectivity index (χ4v) is 1.16. The van der Waals surface area contributed by atoms with Gasteiger partial charge in [0.15, 0.2) is 5.03 Å². The van der Waals surface area contributed by atoms with Gasteiger partial charge in [-0.25, -0.2) is 8.42 Å². The number of hydrogen-bond donors (Lipinski definition) is 0.